The SMILES string of the molecule is COC(=O)C(C)Nc1snc(C)c1C(C)=O. The lowest BCUT2D eigenvalue weighted by Gasteiger charge is -2.11. The van der Waals surface area contributed by atoms with Crippen molar-refractivity contribution in [2.24, 2.45) is 0 Å². The van der Waals surface area contributed by atoms with E-state index in [0.717, 1.165) is 0 Å². The van der Waals surface area contributed by atoms with Gasteiger partial charge in [-0.2, -0.15) is 4.37 Å². The predicted octanol–water partition coefficient (Wildman–Crippen LogP) is 1.63. The Bertz CT molecular complexity index is 414. The third kappa shape index (κ3) is 2.57. The normalized spacial score (nSPS) is 12.0. The molecule has 1 rings (SSSR count). The summed E-state index contributed by atoms with van der Waals surface area (Å²) in [5.41, 5.74) is 1.22. The van der Waals surface area contributed by atoms with Crippen LogP contribution in [0.15, 0.2) is 0 Å². The van der Waals surface area contributed by atoms with Crippen LogP contribution in [0.5, 0.6) is 0 Å². The minimum atomic E-state index is -0.497. The topological polar surface area (TPSA) is 68.3 Å². The van der Waals surface area contributed by atoms with E-state index in [1.807, 2.05) is 0 Å². The molecule has 0 saturated carbocycles. The lowest BCUT2D eigenvalue weighted by molar-refractivity contribution is -0.141. The first-order valence-electron chi connectivity index (χ1n) is 4.79. The van der Waals surface area contributed by atoms with Crippen molar-refractivity contribution in [3.05, 3.63) is 11.3 Å². The second-order valence-corrected chi connectivity index (χ2v) is 4.19. The van der Waals surface area contributed by atoms with Crippen LogP contribution in [-0.4, -0.2) is 29.3 Å². The maximum absolute atomic E-state index is 11.4. The first kappa shape index (κ1) is 12.6. The molecule has 16 heavy (non-hydrogen) atoms. The average molecular weight is 242 g/mol. The lowest BCUT2D eigenvalue weighted by atomic mass is 10.2. The smallest absolute Gasteiger partial charge is 0.328 e. The fourth-order valence-electron chi connectivity index (χ4n) is 1.32. The number of methoxy groups -OCH3 is 1. The summed E-state index contributed by atoms with van der Waals surface area (Å²) in [5.74, 6) is -0.439. The average Bonchev–Trinajstić information content (AvgIpc) is 2.58. The number of aryl methyl sites for hydroxylation is 1. The highest BCUT2D eigenvalue weighted by Gasteiger charge is 2.19. The molecule has 0 saturated heterocycles. The first-order chi connectivity index (χ1) is 7.47. The molecule has 0 aliphatic heterocycles. The molecule has 1 N–H and O–H groups in total. The van der Waals surface area contributed by atoms with Gasteiger partial charge in [-0.1, -0.05) is 0 Å². The Kier molecular flexibility index (Phi) is 4.00. The first-order valence-corrected chi connectivity index (χ1v) is 5.56. The number of ether oxygens (including phenoxy) is 1. The number of Topliss-reactive ketones (excluding diaryl/α,β-unsaturated/α-hetero) is 1. The number of esters is 1. The van der Waals surface area contributed by atoms with E-state index < -0.39 is 6.04 Å². The maximum Gasteiger partial charge on any atom is 0.328 e. The molecule has 0 spiro atoms. The summed E-state index contributed by atoms with van der Waals surface area (Å²) in [4.78, 5) is 22.6. The van der Waals surface area contributed by atoms with Crippen LogP contribution in [0, 0.1) is 6.92 Å². The van der Waals surface area contributed by atoms with Crippen molar-refractivity contribution in [1.29, 1.82) is 0 Å². The zero-order valence-corrected chi connectivity index (χ0v) is 10.5. The van der Waals surface area contributed by atoms with E-state index in [4.69, 9.17) is 0 Å². The standard InChI is InChI=1S/C10H14N2O3S/c1-5-8(7(3)13)9(16-12-5)11-6(2)10(14)15-4/h6,11H,1-4H3. The molecule has 5 nitrogen and oxygen atoms in total. The van der Waals surface area contributed by atoms with Crippen LogP contribution in [0.25, 0.3) is 0 Å². The van der Waals surface area contributed by atoms with Crippen molar-refractivity contribution in [2.45, 2.75) is 26.8 Å². The molecule has 0 aliphatic carbocycles. The number of rotatable bonds is 4. The zero-order chi connectivity index (χ0) is 12.3. The Hall–Kier alpha value is -1.43. The Balaban J connectivity index is 2.89. The van der Waals surface area contributed by atoms with Gasteiger partial charge < -0.3 is 10.1 Å². The van der Waals surface area contributed by atoms with E-state index in [1.54, 1.807) is 13.8 Å². The van der Waals surface area contributed by atoms with E-state index in [2.05, 4.69) is 14.4 Å². The van der Waals surface area contributed by atoms with Crippen molar-refractivity contribution in [3.63, 3.8) is 0 Å². The fraction of sp³-hybridized carbons (Fsp3) is 0.500. The molecule has 1 atom stereocenters. The van der Waals surface area contributed by atoms with Crippen LogP contribution in [0.3, 0.4) is 0 Å². The molecular formula is C10H14N2O3S. The molecule has 1 aromatic heterocycles. The highest BCUT2D eigenvalue weighted by Crippen LogP contribution is 2.25. The van der Waals surface area contributed by atoms with Crippen LogP contribution in [0.4, 0.5) is 5.00 Å². The van der Waals surface area contributed by atoms with Gasteiger partial charge in [-0.25, -0.2) is 4.79 Å². The second kappa shape index (κ2) is 5.07. The third-order valence-corrected chi connectivity index (χ3v) is 2.99. The van der Waals surface area contributed by atoms with Gasteiger partial charge in [0.1, 0.15) is 11.0 Å². The van der Waals surface area contributed by atoms with Gasteiger partial charge in [-0.05, 0) is 32.3 Å². The van der Waals surface area contributed by atoms with E-state index in [1.165, 1.54) is 25.6 Å². The van der Waals surface area contributed by atoms with Gasteiger partial charge in [-0.15, -0.1) is 0 Å². The van der Waals surface area contributed by atoms with Gasteiger partial charge in [0, 0.05) is 0 Å². The number of nitrogens with zero attached hydrogens (tertiary/aromatic N) is 1. The molecule has 0 bridgehead atoms. The summed E-state index contributed by atoms with van der Waals surface area (Å²) < 4.78 is 8.67. The van der Waals surface area contributed by atoms with Crippen molar-refractivity contribution in [1.82, 2.24) is 4.37 Å². The molecule has 1 aromatic rings. The minimum Gasteiger partial charge on any atom is -0.467 e. The van der Waals surface area contributed by atoms with Crippen LogP contribution < -0.4 is 5.32 Å². The van der Waals surface area contributed by atoms with Gasteiger partial charge >= 0.3 is 5.97 Å². The van der Waals surface area contributed by atoms with Gasteiger partial charge in [0.25, 0.3) is 0 Å². The highest BCUT2D eigenvalue weighted by molar-refractivity contribution is 7.10. The fourth-order valence-corrected chi connectivity index (χ4v) is 2.25. The van der Waals surface area contributed by atoms with Crippen LogP contribution in [0.1, 0.15) is 29.9 Å². The molecular weight excluding hydrogens is 228 g/mol. The summed E-state index contributed by atoms with van der Waals surface area (Å²) in [6.45, 7) is 4.91. The Morgan fingerprint density at radius 2 is 2.12 bits per heavy atom. The largest absolute Gasteiger partial charge is 0.467 e. The monoisotopic (exact) mass is 242 g/mol. The molecule has 1 unspecified atom stereocenters. The molecule has 1 heterocycles. The Morgan fingerprint density at radius 1 is 1.50 bits per heavy atom. The summed E-state index contributed by atoms with van der Waals surface area (Å²) >= 11 is 1.17. The van der Waals surface area contributed by atoms with Gasteiger partial charge in [-0.3, -0.25) is 4.79 Å². The van der Waals surface area contributed by atoms with Crippen LogP contribution >= 0.6 is 11.5 Å². The number of carbonyl (C=O) groups is 2. The predicted molar refractivity (Wildman–Crippen MR) is 62.0 cm³/mol. The third-order valence-electron chi connectivity index (χ3n) is 2.12. The number of hydrogen-bond acceptors (Lipinski definition) is 6. The van der Waals surface area contributed by atoms with Crippen molar-refractivity contribution in [3.8, 4) is 0 Å². The number of ketones is 1. The number of carbonyl (C=O) groups excluding carboxylic acids is 2. The molecule has 0 amide bonds. The van der Waals surface area contributed by atoms with E-state index in [9.17, 15) is 9.59 Å². The van der Waals surface area contributed by atoms with Crippen molar-refractivity contribution in [2.75, 3.05) is 12.4 Å². The van der Waals surface area contributed by atoms with Gasteiger partial charge in [0.2, 0.25) is 0 Å². The van der Waals surface area contributed by atoms with E-state index in [0.29, 0.717) is 16.3 Å². The zero-order valence-electron chi connectivity index (χ0n) is 9.66. The van der Waals surface area contributed by atoms with E-state index >= 15 is 0 Å². The number of aromatic nitrogens is 1. The lowest BCUT2D eigenvalue weighted by Crippen LogP contribution is -2.27. The summed E-state index contributed by atoms with van der Waals surface area (Å²) in [6.07, 6.45) is 0. The van der Waals surface area contributed by atoms with Crippen molar-refractivity contribution >= 4 is 28.3 Å². The van der Waals surface area contributed by atoms with Crippen LogP contribution in [-0.2, 0) is 9.53 Å². The molecule has 6 heteroatoms. The molecule has 0 fully saturated rings. The minimum absolute atomic E-state index is 0.0641. The quantitative estimate of drug-likeness (QED) is 0.642. The molecule has 0 aliphatic rings. The summed E-state index contributed by atoms with van der Waals surface area (Å²) in [6, 6.07) is -0.497. The molecule has 0 radical (unpaired) electrons. The number of nitrogens with one attached hydrogen (secondary N) is 1. The van der Waals surface area contributed by atoms with Crippen LogP contribution in [0.2, 0.25) is 0 Å². The Labute approximate surface area is 98.0 Å². The number of anilines is 1. The molecule has 88 valence electrons. The second-order valence-electron chi connectivity index (χ2n) is 3.42. The highest BCUT2D eigenvalue weighted by atomic mass is 32.1. The van der Waals surface area contributed by atoms with Gasteiger partial charge in [0.05, 0.1) is 18.4 Å². The maximum atomic E-state index is 11.4. The van der Waals surface area contributed by atoms with E-state index in [-0.39, 0.29) is 11.8 Å². The van der Waals surface area contributed by atoms with Crippen molar-refractivity contribution < 1.29 is 14.3 Å². The molecule has 0 aromatic carbocycles. The van der Waals surface area contributed by atoms with Gasteiger partial charge in [0.15, 0.2) is 5.78 Å². The summed E-state index contributed by atoms with van der Waals surface area (Å²) in [7, 11) is 1.32. The number of hydrogen-bond donors (Lipinski definition) is 1. The Morgan fingerprint density at radius 3 is 2.62 bits per heavy atom. The summed E-state index contributed by atoms with van der Waals surface area (Å²) in [5, 5.41) is 3.54.